The number of hydrogen-bond donors (Lipinski definition) is 0. The molecule has 0 radical (unpaired) electrons. The lowest BCUT2D eigenvalue weighted by molar-refractivity contribution is -0.144. The lowest BCUT2D eigenvalue weighted by atomic mass is 10.1. The van der Waals surface area contributed by atoms with Crippen LogP contribution in [0.25, 0.3) is 0 Å². The Morgan fingerprint density at radius 2 is 1.40 bits per heavy atom. The molecule has 0 spiro atoms. The van der Waals surface area contributed by atoms with E-state index in [0.717, 1.165) is 12.8 Å². The van der Waals surface area contributed by atoms with Gasteiger partial charge in [0.15, 0.2) is 0 Å². The summed E-state index contributed by atoms with van der Waals surface area (Å²) in [5.74, 6) is 0.264. The number of unbranched alkanes of at least 4 members (excludes halogenated alkanes) is 3. The first kappa shape index (κ1) is 21.2. The van der Waals surface area contributed by atoms with Crippen LogP contribution in [0.1, 0.15) is 73.1 Å². The Hall–Kier alpha value is -1.06. The molecule has 0 heterocycles. The molecule has 0 rings (SSSR count). The zero-order valence-electron chi connectivity index (χ0n) is 13.9. The van der Waals surface area contributed by atoms with Gasteiger partial charge in [0.2, 0.25) is 0 Å². The lowest BCUT2D eigenvalue weighted by Gasteiger charge is -2.02. The van der Waals surface area contributed by atoms with Gasteiger partial charge in [-0.2, -0.15) is 0 Å². The zero-order chi connectivity index (χ0) is 15.8. The van der Waals surface area contributed by atoms with Gasteiger partial charge in [-0.05, 0) is 26.2 Å². The number of carbonyl (C=O) groups is 2. The van der Waals surface area contributed by atoms with Crippen molar-refractivity contribution in [3.05, 3.63) is 0 Å². The van der Waals surface area contributed by atoms with E-state index in [9.17, 15) is 9.59 Å². The lowest BCUT2D eigenvalue weighted by Crippen LogP contribution is -2.06. The first-order valence-electron chi connectivity index (χ1n) is 7.79. The number of rotatable bonds is 9. The molecule has 0 aromatic rings. The maximum Gasteiger partial charge on any atom is 0.306 e. The largest absolute Gasteiger partial charge is 0.466 e. The highest BCUT2D eigenvalue weighted by Gasteiger charge is 2.03. The number of ether oxygens (including phenoxy) is 2. The second-order valence-electron chi connectivity index (χ2n) is 5.02. The topological polar surface area (TPSA) is 52.6 Å². The number of carbonyl (C=O) groups excluding carboxylic acids is 2. The Bertz CT molecular complexity index is 237. The SMILES string of the molecule is CCCCCCC(=O)OCC.CCOC(=O)CC(C)C. The maximum atomic E-state index is 10.8. The molecule has 0 bridgehead atoms. The average molecular weight is 288 g/mol. The maximum absolute atomic E-state index is 10.8. The first-order chi connectivity index (χ1) is 9.47. The second kappa shape index (κ2) is 16.0. The Morgan fingerprint density at radius 3 is 1.85 bits per heavy atom. The van der Waals surface area contributed by atoms with E-state index in [4.69, 9.17) is 9.47 Å². The molecule has 0 saturated heterocycles. The van der Waals surface area contributed by atoms with E-state index in [1.165, 1.54) is 12.8 Å². The van der Waals surface area contributed by atoms with Crippen LogP contribution in [0.5, 0.6) is 0 Å². The summed E-state index contributed by atoms with van der Waals surface area (Å²) in [5.41, 5.74) is 0. The molecule has 0 aliphatic rings. The van der Waals surface area contributed by atoms with E-state index >= 15 is 0 Å². The fourth-order valence-corrected chi connectivity index (χ4v) is 1.48. The van der Waals surface area contributed by atoms with Gasteiger partial charge in [-0.1, -0.05) is 40.0 Å². The van der Waals surface area contributed by atoms with Gasteiger partial charge in [0.05, 0.1) is 13.2 Å². The Balaban J connectivity index is 0. The van der Waals surface area contributed by atoms with E-state index in [1.54, 1.807) is 0 Å². The van der Waals surface area contributed by atoms with Crippen molar-refractivity contribution in [2.45, 2.75) is 73.1 Å². The predicted molar refractivity (Wildman–Crippen MR) is 81.5 cm³/mol. The van der Waals surface area contributed by atoms with Crippen molar-refractivity contribution in [2.75, 3.05) is 13.2 Å². The van der Waals surface area contributed by atoms with Crippen LogP contribution in [0.3, 0.4) is 0 Å². The zero-order valence-corrected chi connectivity index (χ0v) is 13.9. The minimum absolute atomic E-state index is 0.0522. The third-order valence-corrected chi connectivity index (χ3v) is 2.42. The molecule has 20 heavy (non-hydrogen) atoms. The summed E-state index contributed by atoms with van der Waals surface area (Å²) >= 11 is 0. The van der Waals surface area contributed by atoms with Gasteiger partial charge in [-0.25, -0.2) is 0 Å². The average Bonchev–Trinajstić information content (AvgIpc) is 2.35. The van der Waals surface area contributed by atoms with Crippen molar-refractivity contribution < 1.29 is 19.1 Å². The van der Waals surface area contributed by atoms with Gasteiger partial charge in [-0.15, -0.1) is 0 Å². The smallest absolute Gasteiger partial charge is 0.306 e. The van der Waals surface area contributed by atoms with Crippen LogP contribution < -0.4 is 0 Å². The van der Waals surface area contributed by atoms with Crippen LogP contribution in [-0.2, 0) is 19.1 Å². The van der Waals surface area contributed by atoms with Crippen molar-refractivity contribution in [1.29, 1.82) is 0 Å². The van der Waals surface area contributed by atoms with E-state index in [-0.39, 0.29) is 11.9 Å². The van der Waals surface area contributed by atoms with Gasteiger partial charge in [0.1, 0.15) is 0 Å². The molecule has 0 N–H and O–H groups in total. The molecular weight excluding hydrogens is 256 g/mol. The molecule has 0 saturated carbocycles. The van der Waals surface area contributed by atoms with Crippen LogP contribution in [0.4, 0.5) is 0 Å². The van der Waals surface area contributed by atoms with Crippen LogP contribution in [0, 0.1) is 5.92 Å². The summed E-state index contributed by atoms with van der Waals surface area (Å²) in [4.78, 5) is 21.4. The first-order valence-corrected chi connectivity index (χ1v) is 7.79. The molecule has 4 nitrogen and oxygen atoms in total. The summed E-state index contributed by atoms with van der Waals surface area (Å²) < 4.78 is 9.50. The van der Waals surface area contributed by atoms with Crippen LogP contribution >= 0.6 is 0 Å². The van der Waals surface area contributed by atoms with Gasteiger partial charge in [0.25, 0.3) is 0 Å². The third kappa shape index (κ3) is 19.3. The summed E-state index contributed by atoms with van der Waals surface area (Å²) in [6, 6.07) is 0. The molecule has 0 unspecified atom stereocenters. The molecule has 0 amide bonds. The Labute approximate surface area is 124 Å². The van der Waals surface area contributed by atoms with Gasteiger partial charge in [-0.3, -0.25) is 9.59 Å². The highest BCUT2D eigenvalue weighted by atomic mass is 16.5. The van der Waals surface area contributed by atoms with Crippen molar-refractivity contribution in [3.63, 3.8) is 0 Å². The third-order valence-electron chi connectivity index (χ3n) is 2.42. The molecular formula is C16H32O4. The normalized spacial score (nSPS) is 9.70. The van der Waals surface area contributed by atoms with Crippen molar-refractivity contribution in [1.82, 2.24) is 0 Å². The van der Waals surface area contributed by atoms with Gasteiger partial charge < -0.3 is 9.47 Å². The second-order valence-corrected chi connectivity index (χ2v) is 5.02. The Morgan fingerprint density at radius 1 is 0.850 bits per heavy atom. The predicted octanol–water partition coefficient (Wildman–Crippen LogP) is 4.12. The van der Waals surface area contributed by atoms with Crippen molar-refractivity contribution in [2.24, 2.45) is 5.92 Å². The van der Waals surface area contributed by atoms with Crippen molar-refractivity contribution in [3.8, 4) is 0 Å². The van der Waals surface area contributed by atoms with Gasteiger partial charge >= 0.3 is 11.9 Å². The molecule has 0 atom stereocenters. The minimum Gasteiger partial charge on any atom is -0.466 e. The summed E-state index contributed by atoms with van der Waals surface area (Å²) in [7, 11) is 0. The van der Waals surface area contributed by atoms with Gasteiger partial charge in [0, 0.05) is 12.8 Å². The molecule has 120 valence electrons. The van der Waals surface area contributed by atoms with E-state index in [2.05, 4.69) is 6.92 Å². The molecule has 0 aromatic carbocycles. The Kier molecular flexibility index (Phi) is 17.0. The summed E-state index contributed by atoms with van der Waals surface area (Å²) in [6.07, 6.45) is 5.69. The fourth-order valence-electron chi connectivity index (χ4n) is 1.48. The van der Waals surface area contributed by atoms with Crippen molar-refractivity contribution >= 4 is 11.9 Å². The fraction of sp³-hybridized carbons (Fsp3) is 0.875. The van der Waals surface area contributed by atoms with Crippen LogP contribution in [0.15, 0.2) is 0 Å². The highest BCUT2D eigenvalue weighted by Crippen LogP contribution is 2.03. The van der Waals surface area contributed by atoms with E-state index in [1.807, 2.05) is 27.7 Å². The standard InChI is InChI=1S/C9H18O2.C7H14O2/c1-3-5-6-7-8-9(10)11-4-2;1-4-9-7(8)5-6(2)3/h3-8H2,1-2H3;6H,4-5H2,1-3H3. The number of hydrogen-bond acceptors (Lipinski definition) is 4. The monoisotopic (exact) mass is 288 g/mol. The molecule has 0 aromatic heterocycles. The number of esters is 2. The summed E-state index contributed by atoms with van der Waals surface area (Å²) in [5, 5.41) is 0. The highest BCUT2D eigenvalue weighted by molar-refractivity contribution is 5.69. The molecule has 4 heteroatoms. The molecule has 0 aliphatic heterocycles. The molecule has 0 fully saturated rings. The quantitative estimate of drug-likeness (QED) is 0.473. The van der Waals surface area contributed by atoms with E-state index in [0.29, 0.717) is 32.0 Å². The van der Waals surface area contributed by atoms with E-state index < -0.39 is 0 Å². The van der Waals surface area contributed by atoms with Crippen LogP contribution in [0.2, 0.25) is 0 Å². The van der Waals surface area contributed by atoms with Crippen LogP contribution in [-0.4, -0.2) is 25.2 Å². The summed E-state index contributed by atoms with van der Waals surface area (Å²) in [6.45, 7) is 10.8. The molecule has 0 aliphatic carbocycles. The minimum atomic E-state index is -0.0903.